The number of halogens is 2. The molecule has 0 aliphatic rings. The molecule has 0 saturated carbocycles. The number of hydrogen-bond donors (Lipinski definition) is 1. The molecule has 1 aromatic rings. The lowest BCUT2D eigenvalue weighted by Crippen LogP contribution is -2.27. The molecule has 2 unspecified atom stereocenters. The fraction of sp³-hybridized carbons (Fsp3) is 0.333. The van der Waals surface area contributed by atoms with Gasteiger partial charge in [0.1, 0.15) is 0 Å². The summed E-state index contributed by atoms with van der Waals surface area (Å²) in [6.45, 7) is 3.68. The zero-order chi connectivity index (χ0) is 11.4. The molecule has 0 saturated heterocycles. The molecule has 3 heteroatoms. The van der Waals surface area contributed by atoms with Gasteiger partial charge in [-0.15, -0.1) is 6.42 Å². The van der Waals surface area contributed by atoms with Gasteiger partial charge in [-0.25, -0.2) is 8.78 Å². The Bertz CT molecular complexity index is 382. The maximum Gasteiger partial charge on any atom is 0.159 e. The number of hydrogen-bond acceptors (Lipinski definition) is 1. The Balaban J connectivity index is 2.79. The average Bonchev–Trinajstić information content (AvgIpc) is 2.21. The second kappa shape index (κ2) is 4.90. The molecule has 1 aromatic carbocycles. The minimum Gasteiger partial charge on any atom is -0.297 e. The first-order chi connectivity index (χ1) is 7.04. The van der Waals surface area contributed by atoms with Crippen molar-refractivity contribution < 1.29 is 8.78 Å². The Labute approximate surface area is 88.5 Å². The van der Waals surface area contributed by atoms with Crippen LogP contribution in [0.15, 0.2) is 18.2 Å². The Morgan fingerprint density at radius 3 is 2.47 bits per heavy atom. The van der Waals surface area contributed by atoms with Gasteiger partial charge in [0.05, 0.1) is 6.04 Å². The third kappa shape index (κ3) is 3.03. The van der Waals surface area contributed by atoms with Gasteiger partial charge >= 0.3 is 0 Å². The Morgan fingerprint density at radius 1 is 1.27 bits per heavy atom. The molecule has 0 heterocycles. The van der Waals surface area contributed by atoms with Crippen LogP contribution in [0.5, 0.6) is 0 Å². The summed E-state index contributed by atoms with van der Waals surface area (Å²) in [7, 11) is 0. The summed E-state index contributed by atoms with van der Waals surface area (Å²) in [6, 6.07) is 3.62. The van der Waals surface area contributed by atoms with Crippen LogP contribution in [0.3, 0.4) is 0 Å². The first kappa shape index (κ1) is 11.7. The molecule has 80 valence electrons. The third-order valence-corrected chi connectivity index (χ3v) is 2.19. The number of benzene rings is 1. The first-order valence-corrected chi connectivity index (χ1v) is 4.71. The lowest BCUT2D eigenvalue weighted by Gasteiger charge is -2.16. The van der Waals surface area contributed by atoms with Crippen molar-refractivity contribution in [2.45, 2.75) is 25.9 Å². The highest BCUT2D eigenvalue weighted by Gasteiger charge is 2.10. The molecule has 0 aliphatic heterocycles. The van der Waals surface area contributed by atoms with E-state index >= 15 is 0 Å². The lowest BCUT2D eigenvalue weighted by molar-refractivity contribution is 0.497. The van der Waals surface area contributed by atoms with Crippen LogP contribution in [-0.4, -0.2) is 6.04 Å². The van der Waals surface area contributed by atoms with E-state index in [0.29, 0.717) is 5.56 Å². The van der Waals surface area contributed by atoms with Crippen LogP contribution in [0, 0.1) is 24.0 Å². The largest absolute Gasteiger partial charge is 0.297 e. The van der Waals surface area contributed by atoms with E-state index in [0.717, 1.165) is 6.07 Å². The second-order valence-corrected chi connectivity index (χ2v) is 3.45. The molecule has 0 spiro atoms. The van der Waals surface area contributed by atoms with Crippen LogP contribution in [0.2, 0.25) is 0 Å². The van der Waals surface area contributed by atoms with Crippen molar-refractivity contribution in [3.8, 4) is 12.3 Å². The minimum atomic E-state index is -0.838. The van der Waals surface area contributed by atoms with Crippen LogP contribution in [0.1, 0.15) is 25.5 Å². The molecule has 15 heavy (non-hydrogen) atoms. The Kier molecular flexibility index (Phi) is 3.81. The van der Waals surface area contributed by atoms with Crippen molar-refractivity contribution >= 4 is 0 Å². The molecular weight excluding hydrogens is 196 g/mol. The fourth-order valence-corrected chi connectivity index (χ4v) is 1.30. The molecule has 1 nitrogen and oxygen atoms in total. The standard InChI is InChI=1S/C12H13F2N/c1-4-8(2)15-9(3)10-5-6-11(13)12(14)7-10/h1,5-9,15H,2-3H3. The van der Waals surface area contributed by atoms with Gasteiger partial charge in [-0.3, -0.25) is 5.32 Å². The fourth-order valence-electron chi connectivity index (χ4n) is 1.30. The molecule has 0 amide bonds. The zero-order valence-corrected chi connectivity index (χ0v) is 8.72. The van der Waals surface area contributed by atoms with E-state index in [4.69, 9.17) is 6.42 Å². The van der Waals surface area contributed by atoms with Gasteiger partial charge in [0.2, 0.25) is 0 Å². The van der Waals surface area contributed by atoms with Crippen molar-refractivity contribution in [1.29, 1.82) is 0 Å². The molecule has 2 atom stereocenters. The molecule has 0 bridgehead atoms. The van der Waals surface area contributed by atoms with Crippen molar-refractivity contribution in [1.82, 2.24) is 5.32 Å². The summed E-state index contributed by atoms with van der Waals surface area (Å²) >= 11 is 0. The van der Waals surface area contributed by atoms with E-state index in [2.05, 4.69) is 11.2 Å². The van der Waals surface area contributed by atoms with Crippen LogP contribution < -0.4 is 5.32 Å². The van der Waals surface area contributed by atoms with Crippen molar-refractivity contribution in [3.05, 3.63) is 35.4 Å². The van der Waals surface area contributed by atoms with Gasteiger partial charge in [-0.1, -0.05) is 12.0 Å². The van der Waals surface area contributed by atoms with E-state index in [-0.39, 0.29) is 12.1 Å². The molecule has 0 radical (unpaired) electrons. The predicted molar refractivity (Wildman–Crippen MR) is 56.2 cm³/mol. The molecular formula is C12H13F2N. The topological polar surface area (TPSA) is 12.0 Å². The van der Waals surface area contributed by atoms with Gasteiger partial charge in [0, 0.05) is 6.04 Å². The van der Waals surface area contributed by atoms with E-state index in [1.54, 1.807) is 6.07 Å². The molecule has 0 aromatic heterocycles. The summed E-state index contributed by atoms with van der Waals surface area (Å²) in [5, 5.41) is 3.07. The van der Waals surface area contributed by atoms with Gasteiger partial charge in [0.25, 0.3) is 0 Å². The highest BCUT2D eigenvalue weighted by Crippen LogP contribution is 2.16. The van der Waals surface area contributed by atoms with Gasteiger partial charge in [-0.05, 0) is 31.5 Å². The molecule has 1 N–H and O–H groups in total. The molecule has 0 fully saturated rings. The van der Waals surface area contributed by atoms with Crippen LogP contribution >= 0.6 is 0 Å². The smallest absolute Gasteiger partial charge is 0.159 e. The lowest BCUT2D eigenvalue weighted by atomic mass is 10.1. The normalized spacial score (nSPS) is 14.3. The zero-order valence-electron chi connectivity index (χ0n) is 8.72. The summed E-state index contributed by atoms with van der Waals surface area (Å²) in [5.74, 6) is 0.837. The van der Waals surface area contributed by atoms with Gasteiger partial charge in [-0.2, -0.15) is 0 Å². The second-order valence-electron chi connectivity index (χ2n) is 3.45. The number of nitrogens with one attached hydrogen (secondary N) is 1. The maximum absolute atomic E-state index is 12.9. The highest BCUT2D eigenvalue weighted by atomic mass is 19.2. The summed E-state index contributed by atoms with van der Waals surface area (Å²) < 4.78 is 25.6. The van der Waals surface area contributed by atoms with E-state index < -0.39 is 11.6 Å². The van der Waals surface area contributed by atoms with Gasteiger partial charge < -0.3 is 0 Å². The minimum absolute atomic E-state index is 0.104. The first-order valence-electron chi connectivity index (χ1n) is 4.71. The van der Waals surface area contributed by atoms with E-state index in [1.807, 2.05) is 13.8 Å². The third-order valence-electron chi connectivity index (χ3n) is 2.19. The van der Waals surface area contributed by atoms with Crippen molar-refractivity contribution in [2.75, 3.05) is 0 Å². The van der Waals surface area contributed by atoms with Gasteiger partial charge in [0.15, 0.2) is 11.6 Å². The predicted octanol–water partition coefficient (Wildman–Crippen LogP) is 2.64. The highest BCUT2D eigenvalue weighted by molar-refractivity contribution is 5.21. The van der Waals surface area contributed by atoms with Crippen molar-refractivity contribution in [3.63, 3.8) is 0 Å². The Morgan fingerprint density at radius 2 is 1.93 bits per heavy atom. The van der Waals surface area contributed by atoms with Crippen LogP contribution in [0.25, 0.3) is 0 Å². The van der Waals surface area contributed by atoms with E-state index in [9.17, 15) is 8.78 Å². The van der Waals surface area contributed by atoms with Crippen LogP contribution in [-0.2, 0) is 0 Å². The molecule has 1 rings (SSSR count). The average molecular weight is 209 g/mol. The van der Waals surface area contributed by atoms with E-state index in [1.165, 1.54) is 6.07 Å². The monoisotopic (exact) mass is 209 g/mol. The SMILES string of the molecule is C#CC(C)NC(C)c1ccc(F)c(F)c1. The summed E-state index contributed by atoms with van der Waals surface area (Å²) in [6.07, 6.45) is 5.21. The quantitative estimate of drug-likeness (QED) is 0.754. The molecule has 0 aliphatic carbocycles. The maximum atomic E-state index is 12.9. The van der Waals surface area contributed by atoms with Crippen molar-refractivity contribution in [2.24, 2.45) is 0 Å². The Hall–Kier alpha value is -1.40. The summed E-state index contributed by atoms with van der Waals surface area (Å²) in [4.78, 5) is 0. The van der Waals surface area contributed by atoms with Crippen LogP contribution in [0.4, 0.5) is 8.78 Å². The number of rotatable bonds is 3. The number of terminal acetylenes is 1. The summed E-state index contributed by atoms with van der Waals surface area (Å²) in [5.41, 5.74) is 0.677.